The van der Waals surface area contributed by atoms with Crippen molar-refractivity contribution >= 4 is 23.2 Å². The Hall–Kier alpha value is -1.62. The molecule has 0 radical (unpaired) electrons. The van der Waals surface area contributed by atoms with E-state index in [4.69, 9.17) is 11.6 Å². The number of nitrogens with zero attached hydrogens (tertiary/aromatic N) is 1. The SMILES string of the molecule is CCCC[C@@H](CC)CNC(=O)c1ccc(Cl)cc1[N+](=O)[O-]. The van der Waals surface area contributed by atoms with Gasteiger partial charge in [0, 0.05) is 17.6 Å². The highest BCUT2D eigenvalue weighted by Crippen LogP contribution is 2.23. The summed E-state index contributed by atoms with van der Waals surface area (Å²) in [6, 6.07) is 4.07. The molecule has 1 aromatic rings. The van der Waals surface area contributed by atoms with Crippen LogP contribution in [0.2, 0.25) is 5.02 Å². The molecule has 0 fully saturated rings. The number of nitrogens with one attached hydrogen (secondary N) is 1. The summed E-state index contributed by atoms with van der Waals surface area (Å²) >= 11 is 5.74. The molecule has 116 valence electrons. The molecule has 0 bridgehead atoms. The van der Waals surface area contributed by atoms with E-state index in [9.17, 15) is 14.9 Å². The lowest BCUT2D eigenvalue weighted by Crippen LogP contribution is -2.29. The van der Waals surface area contributed by atoms with Crippen LogP contribution in [0, 0.1) is 16.0 Å². The van der Waals surface area contributed by atoms with E-state index in [-0.39, 0.29) is 16.3 Å². The van der Waals surface area contributed by atoms with Crippen molar-refractivity contribution in [3.63, 3.8) is 0 Å². The van der Waals surface area contributed by atoms with Gasteiger partial charge >= 0.3 is 0 Å². The number of carbonyl (C=O) groups excluding carboxylic acids is 1. The van der Waals surface area contributed by atoms with Crippen LogP contribution in [0.25, 0.3) is 0 Å². The third-order valence-electron chi connectivity index (χ3n) is 3.50. The molecule has 1 amide bonds. The normalized spacial score (nSPS) is 12.0. The first-order chi connectivity index (χ1) is 9.99. The maximum atomic E-state index is 12.1. The number of nitro benzene ring substituents is 1. The highest BCUT2D eigenvalue weighted by Gasteiger charge is 2.20. The third kappa shape index (κ3) is 5.34. The monoisotopic (exact) mass is 312 g/mol. The molecule has 0 spiro atoms. The lowest BCUT2D eigenvalue weighted by atomic mass is 9.99. The van der Waals surface area contributed by atoms with Gasteiger partial charge in [-0.25, -0.2) is 0 Å². The van der Waals surface area contributed by atoms with Crippen molar-refractivity contribution in [2.45, 2.75) is 39.5 Å². The lowest BCUT2D eigenvalue weighted by molar-refractivity contribution is -0.385. The first-order valence-electron chi connectivity index (χ1n) is 7.21. The molecule has 5 nitrogen and oxygen atoms in total. The fourth-order valence-electron chi connectivity index (χ4n) is 2.12. The van der Waals surface area contributed by atoms with Gasteiger partial charge in [0.25, 0.3) is 11.6 Å². The Morgan fingerprint density at radius 1 is 1.43 bits per heavy atom. The van der Waals surface area contributed by atoms with Crippen LogP contribution in [0.1, 0.15) is 49.9 Å². The van der Waals surface area contributed by atoms with Gasteiger partial charge in [-0.1, -0.05) is 44.7 Å². The fourth-order valence-corrected chi connectivity index (χ4v) is 2.29. The topological polar surface area (TPSA) is 72.2 Å². The van der Waals surface area contributed by atoms with Crippen molar-refractivity contribution in [3.05, 3.63) is 38.9 Å². The minimum atomic E-state index is -0.588. The number of amides is 1. The maximum Gasteiger partial charge on any atom is 0.283 e. The summed E-state index contributed by atoms with van der Waals surface area (Å²) in [6.07, 6.45) is 4.27. The minimum absolute atomic E-state index is 0.0507. The summed E-state index contributed by atoms with van der Waals surface area (Å²) in [5.74, 6) is -0.0198. The van der Waals surface area contributed by atoms with Crippen LogP contribution in [0.15, 0.2) is 18.2 Å². The first-order valence-corrected chi connectivity index (χ1v) is 7.59. The van der Waals surface area contributed by atoms with Crippen molar-refractivity contribution < 1.29 is 9.72 Å². The molecule has 0 aliphatic carbocycles. The molecule has 0 aliphatic rings. The molecular weight excluding hydrogens is 292 g/mol. The third-order valence-corrected chi connectivity index (χ3v) is 3.73. The van der Waals surface area contributed by atoms with E-state index in [1.165, 1.54) is 18.2 Å². The Morgan fingerprint density at radius 3 is 2.71 bits per heavy atom. The molecule has 0 heterocycles. The van der Waals surface area contributed by atoms with Crippen LogP contribution in [-0.4, -0.2) is 17.4 Å². The smallest absolute Gasteiger partial charge is 0.283 e. The standard InChI is InChI=1S/C15H21ClN2O3/c1-3-5-6-11(4-2)10-17-15(19)13-8-7-12(16)9-14(13)18(20)21/h7-9,11H,3-6,10H2,1-2H3,(H,17,19)/t11-/m1/s1. The van der Waals surface area contributed by atoms with E-state index < -0.39 is 10.8 Å². The second-order valence-corrected chi connectivity index (χ2v) is 5.48. The Labute approximate surface area is 129 Å². The predicted molar refractivity (Wildman–Crippen MR) is 83.7 cm³/mol. The second-order valence-electron chi connectivity index (χ2n) is 5.05. The molecule has 21 heavy (non-hydrogen) atoms. The van der Waals surface area contributed by atoms with E-state index in [1.54, 1.807) is 0 Å². The molecule has 1 N–H and O–H groups in total. The Morgan fingerprint density at radius 2 is 2.14 bits per heavy atom. The van der Waals surface area contributed by atoms with Crippen molar-refractivity contribution in [3.8, 4) is 0 Å². The molecule has 0 unspecified atom stereocenters. The van der Waals surface area contributed by atoms with Gasteiger partial charge in [-0.2, -0.15) is 0 Å². The van der Waals surface area contributed by atoms with E-state index in [0.717, 1.165) is 25.7 Å². The number of hydrogen-bond donors (Lipinski definition) is 1. The molecule has 0 saturated heterocycles. The number of unbranched alkanes of at least 4 members (excludes halogenated alkanes) is 1. The minimum Gasteiger partial charge on any atom is -0.352 e. The first kappa shape index (κ1) is 17.4. The maximum absolute atomic E-state index is 12.1. The summed E-state index contributed by atoms with van der Waals surface area (Å²) in [5.41, 5.74) is -0.212. The van der Waals surface area contributed by atoms with Gasteiger partial charge in [0.1, 0.15) is 5.56 Å². The number of nitro groups is 1. The van der Waals surface area contributed by atoms with Crippen molar-refractivity contribution in [1.82, 2.24) is 5.32 Å². The average Bonchev–Trinajstić information content (AvgIpc) is 2.47. The van der Waals surface area contributed by atoms with E-state index >= 15 is 0 Å². The van der Waals surface area contributed by atoms with Gasteiger partial charge in [0.15, 0.2) is 0 Å². The lowest BCUT2D eigenvalue weighted by Gasteiger charge is -2.15. The average molecular weight is 313 g/mol. The van der Waals surface area contributed by atoms with Gasteiger partial charge in [0.05, 0.1) is 4.92 Å². The highest BCUT2D eigenvalue weighted by atomic mass is 35.5. The number of halogens is 1. The van der Waals surface area contributed by atoms with Crippen molar-refractivity contribution in [1.29, 1.82) is 0 Å². The summed E-state index contributed by atoms with van der Waals surface area (Å²) in [6.45, 7) is 4.74. The predicted octanol–water partition coefficient (Wildman–Crippen LogP) is 4.19. The van der Waals surface area contributed by atoms with Gasteiger partial charge in [0.2, 0.25) is 0 Å². The van der Waals surface area contributed by atoms with Gasteiger partial charge < -0.3 is 5.32 Å². The van der Waals surface area contributed by atoms with Crippen molar-refractivity contribution in [2.24, 2.45) is 5.92 Å². The Bertz CT molecular complexity index is 506. The molecule has 1 aromatic carbocycles. The zero-order valence-electron chi connectivity index (χ0n) is 12.4. The molecule has 1 atom stereocenters. The second kappa shape index (κ2) is 8.62. The van der Waals surface area contributed by atoms with Gasteiger partial charge in [-0.05, 0) is 24.5 Å². The number of benzene rings is 1. The summed E-state index contributed by atoms with van der Waals surface area (Å²) in [5, 5.41) is 14.0. The molecule has 1 rings (SSSR count). The number of rotatable bonds is 8. The van der Waals surface area contributed by atoms with Gasteiger partial charge in [-0.3, -0.25) is 14.9 Å². The molecule has 0 aromatic heterocycles. The molecule has 6 heteroatoms. The van der Waals surface area contributed by atoms with Gasteiger partial charge in [-0.15, -0.1) is 0 Å². The number of hydrogen-bond acceptors (Lipinski definition) is 3. The highest BCUT2D eigenvalue weighted by molar-refractivity contribution is 6.31. The zero-order valence-corrected chi connectivity index (χ0v) is 13.2. The zero-order chi connectivity index (χ0) is 15.8. The Kier molecular flexibility index (Phi) is 7.15. The van der Waals surface area contributed by atoms with E-state index in [2.05, 4.69) is 19.2 Å². The fraction of sp³-hybridized carbons (Fsp3) is 0.533. The molecule has 0 saturated carbocycles. The quantitative estimate of drug-likeness (QED) is 0.577. The van der Waals surface area contributed by atoms with Crippen LogP contribution >= 0.6 is 11.6 Å². The van der Waals surface area contributed by atoms with Crippen LogP contribution < -0.4 is 5.32 Å². The summed E-state index contributed by atoms with van der Waals surface area (Å²) in [7, 11) is 0. The Balaban J connectivity index is 2.73. The number of carbonyl (C=O) groups is 1. The molecule has 0 aliphatic heterocycles. The summed E-state index contributed by atoms with van der Waals surface area (Å²) < 4.78 is 0. The van der Waals surface area contributed by atoms with E-state index in [1.807, 2.05) is 0 Å². The summed E-state index contributed by atoms with van der Waals surface area (Å²) in [4.78, 5) is 22.5. The van der Waals surface area contributed by atoms with Crippen LogP contribution in [-0.2, 0) is 0 Å². The van der Waals surface area contributed by atoms with E-state index in [0.29, 0.717) is 12.5 Å². The van der Waals surface area contributed by atoms with Crippen molar-refractivity contribution in [2.75, 3.05) is 6.54 Å². The molecular formula is C15H21ClN2O3. The van der Waals surface area contributed by atoms with Crippen LogP contribution in [0.3, 0.4) is 0 Å². The van der Waals surface area contributed by atoms with Crippen LogP contribution in [0.5, 0.6) is 0 Å². The van der Waals surface area contributed by atoms with Crippen LogP contribution in [0.4, 0.5) is 5.69 Å². The largest absolute Gasteiger partial charge is 0.352 e.